The van der Waals surface area contributed by atoms with Crippen LogP contribution in [0.25, 0.3) is 0 Å². The monoisotopic (exact) mass is 356 g/mol. The Bertz CT molecular complexity index is 794. The quantitative estimate of drug-likeness (QED) is 0.833. The number of halogens is 1. The topological polar surface area (TPSA) is 43.8 Å². The highest BCUT2D eigenvalue weighted by Crippen LogP contribution is 2.28. The molecule has 0 aromatic heterocycles. The first-order valence-corrected chi connectivity index (χ1v) is 8.77. The fourth-order valence-corrected chi connectivity index (χ4v) is 3.02. The third-order valence-electron chi connectivity index (χ3n) is 3.71. The van der Waals surface area contributed by atoms with Crippen LogP contribution < -0.4 is 9.80 Å². The van der Waals surface area contributed by atoms with Gasteiger partial charge in [-0.25, -0.2) is 9.18 Å². The van der Waals surface area contributed by atoms with Crippen LogP contribution in [0.15, 0.2) is 72.4 Å². The summed E-state index contributed by atoms with van der Waals surface area (Å²) >= 11 is 1.62. The molecule has 0 atom stereocenters. The summed E-state index contributed by atoms with van der Waals surface area (Å²) in [5.74, 6) is 0.356. The standard InChI is InChI=1S/C19H17FN2O2S/c20-17-13-16(7-8-18(17)21-9-4-11-25-12-10-21)22(19(23)24)14-15-5-2-1-3-6-15/h1-10,12-13H,11,14H2,(H,23,24). The molecular formula is C19H17FN2O2S. The van der Waals surface area contributed by atoms with Gasteiger partial charge in [-0.1, -0.05) is 36.4 Å². The lowest BCUT2D eigenvalue weighted by Crippen LogP contribution is -2.28. The highest BCUT2D eigenvalue weighted by atomic mass is 32.2. The van der Waals surface area contributed by atoms with Crippen molar-refractivity contribution >= 4 is 29.2 Å². The molecule has 128 valence electrons. The van der Waals surface area contributed by atoms with Crippen LogP contribution in [-0.2, 0) is 6.54 Å². The van der Waals surface area contributed by atoms with E-state index in [1.807, 2.05) is 41.8 Å². The summed E-state index contributed by atoms with van der Waals surface area (Å²) in [7, 11) is 0. The molecule has 0 saturated carbocycles. The molecule has 25 heavy (non-hydrogen) atoms. The molecule has 1 heterocycles. The molecule has 2 aromatic rings. The number of nitrogens with zero attached hydrogens (tertiary/aromatic N) is 2. The third kappa shape index (κ3) is 4.22. The van der Waals surface area contributed by atoms with Gasteiger partial charge in [-0.3, -0.25) is 4.90 Å². The van der Waals surface area contributed by atoms with Crippen LogP contribution in [-0.4, -0.2) is 17.0 Å². The molecule has 0 unspecified atom stereocenters. The SMILES string of the molecule is O=C(O)N(Cc1ccccc1)c1ccc(N2C=CCSC=C2)c(F)c1. The Kier molecular flexibility index (Phi) is 5.40. The maximum atomic E-state index is 14.6. The number of anilines is 2. The zero-order valence-corrected chi connectivity index (χ0v) is 14.2. The minimum absolute atomic E-state index is 0.162. The van der Waals surface area contributed by atoms with Crippen molar-refractivity contribution in [1.29, 1.82) is 0 Å². The molecule has 0 saturated heterocycles. The number of benzene rings is 2. The molecule has 0 fully saturated rings. The summed E-state index contributed by atoms with van der Waals surface area (Å²) in [5.41, 5.74) is 1.52. The number of hydrogen-bond donors (Lipinski definition) is 1. The van der Waals surface area contributed by atoms with Gasteiger partial charge in [0.2, 0.25) is 0 Å². The van der Waals surface area contributed by atoms with E-state index in [9.17, 15) is 14.3 Å². The average molecular weight is 356 g/mol. The number of rotatable bonds is 4. The van der Waals surface area contributed by atoms with Gasteiger partial charge >= 0.3 is 6.09 Å². The van der Waals surface area contributed by atoms with Gasteiger partial charge in [-0.2, -0.15) is 0 Å². The van der Waals surface area contributed by atoms with Gasteiger partial charge in [-0.05, 0) is 29.2 Å². The van der Waals surface area contributed by atoms with Crippen molar-refractivity contribution < 1.29 is 14.3 Å². The van der Waals surface area contributed by atoms with Crippen LogP contribution in [0, 0.1) is 5.82 Å². The van der Waals surface area contributed by atoms with Gasteiger partial charge in [0.05, 0.1) is 17.9 Å². The van der Waals surface area contributed by atoms with Gasteiger partial charge in [0.25, 0.3) is 0 Å². The number of hydrogen-bond acceptors (Lipinski definition) is 3. The summed E-state index contributed by atoms with van der Waals surface area (Å²) in [6.07, 6.45) is 4.40. The Balaban J connectivity index is 1.88. The Morgan fingerprint density at radius 3 is 2.72 bits per heavy atom. The molecular weight excluding hydrogens is 339 g/mol. The molecule has 0 aliphatic carbocycles. The van der Waals surface area contributed by atoms with E-state index in [2.05, 4.69) is 0 Å². The summed E-state index contributed by atoms with van der Waals surface area (Å²) < 4.78 is 14.6. The minimum Gasteiger partial charge on any atom is -0.465 e. The molecule has 0 spiro atoms. The maximum Gasteiger partial charge on any atom is 0.412 e. The van der Waals surface area contributed by atoms with E-state index < -0.39 is 11.9 Å². The second kappa shape index (κ2) is 7.90. The van der Waals surface area contributed by atoms with E-state index in [4.69, 9.17) is 0 Å². The highest BCUT2D eigenvalue weighted by Gasteiger charge is 2.18. The fourth-order valence-electron chi connectivity index (χ4n) is 2.50. The number of thioether (sulfide) groups is 1. The van der Waals surface area contributed by atoms with Crippen molar-refractivity contribution in [2.45, 2.75) is 6.54 Å². The van der Waals surface area contributed by atoms with Crippen LogP contribution in [0.4, 0.5) is 20.6 Å². The largest absolute Gasteiger partial charge is 0.465 e. The van der Waals surface area contributed by atoms with Crippen LogP contribution in [0.1, 0.15) is 5.56 Å². The van der Waals surface area contributed by atoms with Gasteiger partial charge in [0, 0.05) is 18.2 Å². The highest BCUT2D eigenvalue weighted by molar-refractivity contribution is 8.02. The van der Waals surface area contributed by atoms with Crippen LogP contribution in [0.5, 0.6) is 0 Å². The van der Waals surface area contributed by atoms with E-state index in [0.717, 1.165) is 16.2 Å². The number of carboxylic acid groups (broad SMARTS) is 1. The van der Waals surface area contributed by atoms with Crippen LogP contribution in [0.2, 0.25) is 0 Å². The molecule has 0 radical (unpaired) electrons. The maximum absolute atomic E-state index is 14.6. The molecule has 6 heteroatoms. The third-order valence-corrected chi connectivity index (χ3v) is 4.41. The molecule has 4 nitrogen and oxygen atoms in total. The predicted molar refractivity (Wildman–Crippen MR) is 100 cm³/mol. The normalized spacial score (nSPS) is 13.6. The Morgan fingerprint density at radius 2 is 2.00 bits per heavy atom. The molecule has 3 rings (SSSR count). The summed E-state index contributed by atoms with van der Waals surface area (Å²) in [4.78, 5) is 14.4. The van der Waals surface area contributed by atoms with Crippen molar-refractivity contribution in [3.63, 3.8) is 0 Å². The van der Waals surface area contributed by atoms with Crippen molar-refractivity contribution in [3.05, 3.63) is 83.8 Å². The molecule has 1 aliphatic rings. The smallest absolute Gasteiger partial charge is 0.412 e. The van der Waals surface area contributed by atoms with Crippen molar-refractivity contribution in [2.24, 2.45) is 0 Å². The van der Waals surface area contributed by atoms with Gasteiger partial charge in [-0.15, -0.1) is 11.8 Å². The van der Waals surface area contributed by atoms with Crippen LogP contribution in [0.3, 0.4) is 0 Å². The Morgan fingerprint density at radius 1 is 1.20 bits per heavy atom. The predicted octanol–water partition coefficient (Wildman–Crippen LogP) is 5.05. The average Bonchev–Trinajstić information content (AvgIpc) is 2.89. The summed E-state index contributed by atoms with van der Waals surface area (Å²) in [5, 5.41) is 11.4. The molecule has 1 N–H and O–H groups in total. The number of amides is 1. The fraction of sp³-hybridized carbons (Fsp3) is 0.105. The van der Waals surface area contributed by atoms with E-state index in [0.29, 0.717) is 11.4 Å². The zero-order valence-electron chi connectivity index (χ0n) is 13.4. The lowest BCUT2D eigenvalue weighted by atomic mass is 10.2. The van der Waals surface area contributed by atoms with Gasteiger partial charge < -0.3 is 10.0 Å². The van der Waals surface area contributed by atoms with E-state index >= 15 is 0 Å². The van der Waals surface area contributed by atoms with E-state index in [1.165, 1.54) is 6.07 Å². The van der Waals surface area contributed by atoms with Crippen molar-refractivity contribution in [3.8, 4) is 0 Å². The molecule has 1 amide bonds. The first kappa shape index (κ1) is 17.1. The Labute approximate surface area is 149 Å². The Hall–Kier alpha value is -2.73. The first-order chi connectivity index (χ1) is 12.1. The lowest BCUT2D eigenvalue weighted by Gasteiger charge is -2.22. The first-order valence-electron chi connectivity index (χ1n) is 7.72. The van der Waals surface area contributed by atoms with Gasteiger partial charge in [0.1, 0.15) is 5.82 Å². The van der Waals surface area contributed by atoms with Crippen LogP contribution >= 0.6 is 11.8 Å². The van der Waals surface area contributed by atoms with Gasteiger partial charge in [0.15, 0.2) is 0 Å². The zero-order chi connectivity index (χ0) is 17.6. The molecule has 0 bridgehead atoms. The lowest BCUT2D eigenvalue weighted by molar-refractivity contribution is 0.201. The van der Waals surface area contributed by atoms with E-state index in [1.54, 1.807) is 41.2 Å². The minimum atomic E-state index is -1.12. The van der Waals surface area contributed by atoms with Crippen molar-refractivity contribution in [1.82, 2.24) is 0 Å². The summed E-state index contributed by atoms with van der Waals surface area (Å²) in [6, 6.07) is 13.7. The second-order valence-corrected chi connectivity index (χ2v) is 6.34. The molecule has 1 aliphatic heterocycles. The van der Waals surface area contributed by atoms with E-state index in [-0.39, 0.29) is 6.54 Å². The van der Waals surface area contributed by atoms with Crippen molar-refractivity contribution in [2.75, 3.05) is 15.6 Å². The second-order valence-electron chi connectivity index (χ2n) is 5.40. The molecule has 2 aromatic carbocycles. The number of carbonyl (C=O) groups is 1. The summed E-state index contributed by atoms with van der Waals surface area (Å²) in [6.45, 7) is 0.162.